The van der Waals surface area contributed by atoms with Crippen molar-refractivity contribution < 1.29 is 9.72 Å². The SMILES string of the molecule is CN(Cc1cc([N+](=O)[O-])ccc1Cl)C(=O)Cc1c(Cl)cccc1Cl. The lowest BCUT2D eigenvalue weighted by atomic mass is 10.1. The highest BCUT2D eigenvalue weighted by Gasteiger charge is 2.17. The molecule has 0 spiro atoms. The lowest BCUT2D eigenvalue weighted by Crippen LogP contribution is -2.28. The molecule has 2 rings (SSSR count). The second kappa shape index (κ2) is 7.83. The Bertz CT molecular complexity index is 776. The van der Waals surface area contributed by atoms with E-state index >= 15 is 0 Å². The minimum Gasteiger partial charge on any atom is -0.341 e. The molecule has 126 valence electrons. The second-order valence-corrected chi connectivity index (χ2v) is 6.38. The van der Waals surface area contributed by atoms with Crippen molar-refractivity contribution in [3.8, 4) is 0 Å². The van der Waals surface area contributed by atoms with Crippen molar-refractivity contribution in [1.82, 2.24) is 4.90 Å². The van der Waals surface area contributed by atoms with E-state index < -0.39 is 4.92 Å². The fraction of sp³-hybridized carbons (Fsp3) is 0.188. The molecule has 0 aromatic heterocycles. The third-order valence-electron chi connectivity index (χ3n) is 3.46. The maximum atomic E-state index is 12.4. The second-order valence-electron chi connectivity index (χ2n) is 5.16. The molecule has 0 N–H and O–H groups in total. The first-order valence-corrected chi connectivity index (χ1v) is 8.02. The lowest BCUT2D eigenvalue weighted by molar-refractivity contribution is -0.384. The number of carbonyl (C=O) groups is 1. The zero-order valence-electron chi connectivity index (χ0n) is 12.6. The smallest absolute Gasteiger partial charge is 0.269 e. The van der Waals surface area contributed by atoms with Crippen molar-refractivity contribution in [3.63, 3.8) is 0 Å². The third kappa shape index (κ3) is 4.38. The first-order valence-electron chi connectivity index (χ1n) is 6.89. The Labute approximate surface area is 153 Å². The van der Waals surface area contributed by atoms with Gasteiger partial charge in [-0.05, 0) is 29.3 Å². The molecule has 1 amide bonds. The zero-order valence-corrected chi connectivity index (χ0v) is 14.9. The number of benzene rings is 2. The number of nitro benzene ring substituents is 1. The van der Waals surface area contributed by atoms with Crippen molar-refractivity contribution >= 4 is 46.4 Å². The zero-order chi connectivity index (χ0) is 17.9. The van der Waals surface area contributed by atoms with Crippen molar-refractivity contribution in [2.24, 2.45) is 0 Å². The quantitative estimate of drug-likeness (QED) is 0.549. The molecule has 0 atom stereocenters. The van der Waals surface area contributed by atoms with E-state index in [0.717, 1.165) is 0 Å². The summed E-state index contributed by atoms with van der Waals surface area (Å²) < 4.78 is 0. The Morgan fingerprint density at radius 3 is 2.33 bits per heavy atom. The topological polar surface area (TPSA) is 63.4 Å². The van der Waals surface area contributed by atoms with Crippen LogP contribution < -0.4 is 0 Å². The van der Waals surface area contributed by atoms with Gasteiger partial charge in [0.2, 0.25) is 5.91 Å². The van der Waals surface area contributed by atoms with E-state index in [-0.39, 0.29) is 24.6 Å². The number of rotatable bonds is 5. The Hall–Kier alpha value is -1.82. The molecule has 0 radical (unpaired) electrons. The molecule has 2 aromatic rings. The van der Waals surface area contributed by atoms with Crippen molar-refractivity contribution in [1.29, 1.82) is 0 Å². The maximum absolute atomic E-state index is 12.4. The molecule has 0 bridgehead atoms. The highest BCUT2D eigenvalue weighted by Crippen LogP contribution is 2.26. The van der Waals surface area contributed by atoms with Crippen LogP contribution in [0.2, 0.25) is 15.1 Å². The molecule has 0 aliphatic carbocycles. The van der Waals surface area contributed by atoms with Crippen LogP contribution in [-0.2, 0) is 17.8 Å². The van der Waals surface area contributed by atoms with Gasteiger partial charge in [0.15, 0.2) is 0 Å². The number of carbonyl (C=O) groups excluding carboxylic acids is 1. The van der Waals surface area contributed by atoms with Crippen LogP contribution in [0.3, 0.4) is 0 Å². The summed E-state index contributed by atoms with van der Waals surface area (Å²) in [6.45, 7) is 0.140. The highest BCUT2D eigenvalue weighted by atomic mass is 35.5. The van der Waals surface area contributed by atoms with Gasteiger partial charge in [0.25, 0.3) is 5.69 Å². The van der Waals surface area contributed by atoms with Crippen molar-refractivity contribution in [3.05, 3.63) is 72.7 Å². The number of nitrogens with zero attached hydrogens (tertiary/aromatic N) is 2. The number of amides is 1. The Morgan fingerprint density at radius 2 is 1.75 bits per heavy atom. The van der Waals surface area contributed by atoms with E-state index in [9.17, 15) is 14.9 Å². The first kappa shape index (κ1) is 18.5. The van der Waals surface area contributed by atoms with Crippen LogP contribution in [0.4, 0.5) is 5.69 Å². The molecule has 2 aromatic carbocycles. The molecule has 0 fully saturated rings. The predicted octanol–water partition coefficient (Wildman–Crippen LogP) is 4.76. The predicted molar refractivity (Wildman–Crippen MR) is 94.7 cm³/mol. The van der Waals surface area contributed by atoms with Gasteiger partial charge in [-0.1, -0.05) is 40.9 Å². The lowest BCUT2D eigenvalue weighted by Gasteiger charge is -2.18. The molecular formula is C16H13Cl3N2O3. The summed E-state index contributed by atoms with van der Waals surface area (Å²) in [6, 6.07) is 9.14. The maximum Gasteiger partial charge on any atom is 0.269 e. The average Bonchev–Trinajstić information content (AvgIpc) is 2.52. The van der Waals surface area contributed by atoms with Crippen LogP contribution in [-0.4, -0.2) is 22.8 Å². The minimum absolute atomic E-state index is 0.0293. The summed E-state index contributed by atoms with van der Waals surface area (Å²) in [4.78, 5) is 24.1. The molecular weight excluding hydrogens is 375 g/mol. The summed E-state index contributed by atoms with van der Waals surface area (Å²) in [5, 5.41) is 12.0. The van der Waals surface area contributed by atoms with Gasteiger partial charge in [-0.15, -0.1) is 0 Å². The van der Waals surface area contributed by atoms with E-state index in [2.05, 4.69) is 0 Å². The minimum atomic E-state index is -0.509. The number of likely N-dealkylation sites (N-methyl/N-ethyl adjacent to an activating group) is 1. The molecule has 24 heavy (non-hydrogen) atoms. The number of hydrogen-bond donors (Lipinski definition) is 0. The van der Waals surface area contributed by atoms with Gasteiger partial charge in [-0.2, -0.15) is 0 Å². The number of hydrogen-bond acceptors (Lipinski definition) is 3. The van der Waals surface area contributed by atoms with Crippen LogP contribution in [0.25, 0.3) is 0 Å². The van der Waals surface area contributed by atoms with Crippen LogP contribution >= 0.6 is 34.8 Å². The molecule has 5 nitrogen and oxygen atoms in total. The van der Waals surface area contributed by atoms with Gasteiger partial charge >= 0.3 is 0 Å². The number of halogens is 3. The molecule has 0 heterocycles. The van der Waals surface area contributed by atoms with Gasteiger partial charge in [-0.25, -0.2) is 0 Å². The Balaban J connectivity index is 2.15. The van der Waals surface area contributed by atoms with Gasteiger partial charge in [-0.3, -0.25) is 14.9 Å². The van der Waals surface area contributed by atoms with E-state index in [1.165, 1.54) is 23.1 Å². The third-order valence-corrected chi connectivity index (χ3v) is 4.54. The fourth-order valence-electron chi connectivity index (χ4n) is 2.13. The van der Waals surface area contributed by atoms with Gasteiger partial charge in [0.05, 0.1) is 11.3 Å². The van der Waals surface area contributed by atoms with Crippen molar-refractivity contribution in [2.75, 3.05) is 7.05 Å². The van der Waals surface area contributed by atoms with E-state index in [4.69, 9.17) is 34.8 Å². The summed E-state index contributed by atoms with van der Waals surface area (Å²) in [6.07, 6.45) is 0.0293. The van der Waals surface area contributed by atoms with Crippen LogP contribution in [0.1, 0.15) is 11.1 Å². The molecule has 0 aliphatic rings. The first-order chi connectivity index (χ1) is 11.3. The summed E-state index contributed by atoms with van der Waals surface area (Å²) >= 11 is 18.2. The molecule has 0 saturated carbocycles. The summed E-state index contributed by atoms with van der Waals surface area (Å²) in [5.74, 6) is -0.229. The van der Waals surface area contributed by atoms with Gasteiger partial charge in [0, 0.05) is 40.8 Å². The van der Waals surface area contributed by atoms with Crippen LogP contribution in [0, 0.1) is 10.1 Å². The summed E-state index contributed by atoms with van der Waals surface area (Å²) in [5.41, 5.74) is 0.958. The molecule has 8 heteroatoms. The average molecular weight is 388 g/mol. The highest BCUT2D eigenvalue weighted by molar-refractivity contribution is 6.36. The van der Waals surface area contributed by atoms with Crippen LogP contribution in [0.5, 0.6) is 0 Å². The molecule has 0 aliphatic heterocycles. The van der Waals surface area contributed by atoms with E-state index in [1.54, 1.807) is 25.2 Å². The van der Waals surface area contributed by atoms with Gasteiger partial charge < -0.3 is 4.90 Å². The summed E-state index contributed by atoms with van der Waals surface area (Å²) in [7, 11) is 1.59. The van der Waals surface area contributed by atoms with Gasteiger partial charge in [0.1, 0.15) is 0 Å². The van der Waals surface area contributed by atoms with Crippen LogP contribution in [0.15, 0.2) is 36.4 Å². The Morgan fingerprint density at radius 1 is 1.12 bits per heavy atom. The molecule has 0 saturated heterocycles. The number of nitro groups is 1. The monoisotopic (exact) mass is 386 g/mol. The standard InChI is InChI=1S/C16H13Cl3N2O3/c1-20(9-10-7-11(21(23)24)5-6-13(10)17)16(22)8-12-14(18)3-2-4-15(12)19/h2-7H,8-9H2,1H3. The normalized spacial score (nSPS) is 10.5. The fourth-order valence-corrected chi connectivity index (χ4v) is 2.84. The molecule has 0 unspecified atom stereocenters. The largest absolute Gasteiger partial charge is 0.341 e. The van der Waals surface area contributed by atoms with Crippen molar-refractivity contribution in [2.45, 2.75) is 13.0 Å². The van der Waals surface area contributed by atoms with E-state index in [1.807, 2.05) is 0 Å². The Kier molecular flexibility index (Phi) is 6.04. The van der Waals surface area contributed by atoms with E-state index in [0.29, 0.717) is 26.2 Å². The number of non-ortho nitro benzene ring substituents is 1.